The van der Waals surface area contributed by atoms with Crippen molar-refractivity contribution in [2.75, 3.05) is 12.0 Å². The number of amides is 2. The lowest BCUT2D eigenvalue weighted by atomic mass is 9.91. The zero-order valence-electron chi connectivity index (χ0n) is 14.7. The van der Waals surface area contributed by atoms with Crippen molar-refractivity contribution in [3.63, 3.8) is 0 Å². The summed E-state index contributed by atoms with van der Waals surface area (Å²) >= 11 is 5.20. The van der Waals surface area contributed by atoms with Gasteiger partial charge in [0.2, 0.25) is 5.91 Å². The molecule has 4 N–H and O–H groups in total. The average molecular weight is 375 g/mol. The smallest absolute Gasteiger partial charge is 0.251 e. The van der Waals surface area contributed by atoms with Crippen LogP contribution in [0.4, 0.5) is 5.69 Å². The zero-order valence-corrected chi connectivity index (χ0v) is 15.5. The lowest BCUT2D eigenvalue weighted by molar-refractivity contribution is -0.428. The number of quaternary nitrogens is 1. The molecule has 1 saturated carbocycles. The number of hydrogen-bond acceptors (Lipinski definition) is 5. The number of nitrogens with zero attached hydrogens (tertiary/aromatic N) is 2. The van der Waals surface area contributed by atoms with Crippen LogP contribution in [0.3, 0.4) is 0 Å². The highest BCUT2D eigenvalue weighted by atomic mass is 32.1. The van der Waals surface area contributed by atoms with Crippen LogP contribution in [-0.4, -0.2) is 42.3 Å². The molecule has 0 unspecified atom stereocenters. The first-order valence-electron chi connectivity index (χ1n) is 8.70. The molecule has 0 bridgehead atoms. The highest BCUT2D eigenvalue weighted by molar-refractivity contribution is 7.80. The standard InChI is InChI=1S/C18H22N4O3S/c1-25-12-6-4-5-11(9-12)22-17(24)13(16(23)21-18(22)26)10-20-15-8-3-2-7-14(15)19/h4-6,9-10,13-15H,2-3,7-8,19H2,1H3,(H,21,23,26)/p+1/t13-,14+,15-/m1/s1. The van der Waals surface area contributed by atoms with Gasteiger partial charge in [0.05, 0.1) is 12.8 Å². The van der Waals surface area contributed by atoms with Gasteiger partial charge < -0.3 is 15.8 Å². The van der Waals surface area contributed by atoms with Gasteiger partial charge in [0.25, 0.3) is 5.91 Å². The maximum absolute atomic E-state index is 12.9. The SMILES string of the molecule is COc1cccc(N2C(=O)[C@H](C=N[C@@H]3CCCC[C@@H]3[NH3+])C(=O)NC2=S)c1. The summed E-state index contributed by atoms with van der Waals surface area (Å²) in [5.41, 5.74) is 4.68. The number of carbonyl (C=O) groups is 2. The van der Waals surface area contributed by atoms with E-state index in [4.69, 9.17) is 17.0 Å². The minimum absolute atomic E-state index is 0.0588. The first-order valence-corrected chi connectivity index (χ1v) is 9.11. The number of carbonyl (C=O) groups excluding carboxylic acids is 2. The summed E-state index contributed by atoms with van der Waals surface area (Å²) in [7, 11) is 1.55. The fourth-order valence-electron chi connectivity index (χ4n) is 3.30. The zero-order chi connectivity index (χ0) is 18.7. The van der Waals surface area contributed by atoms with Crippen molar-refractivity contribution in [3.8, 4) is 5.75 Å². The third-order valence-corrected chi connectivity index (χ3v) is 5.09. The van der Waals surface area contributed by atoms with Crippen LogP contribution in [0.1, 0.15) is 25.7 Å². The third-order valence-electron chi connectivity index (χ3n) is 4.81. The number of thiocarbonyl (C=S) groups is 1. The molecule has 1 aliphatic carbocycles. The Labute approximate surface area is 157 Å². The molecule has 2 fully saturated rings. The van der Waals surface area contributed by atoms with Crippen molar-refractivity contribution in [1.82, 2.24) is 5.32 Å². The molecule has 26 heavy (non-hydrogen) atoms. The molecule has 1 aromatic carbocycles. The summed E-state index contributed by atoms with van der Waals surface area (Å²) in [6, 6.07) is 7.25. The Morgan fingerprint density at radius 1 is 1.35 bits per heavy atom. The number of nitrogens with one attached hydrogen (secondary N) is 1. The molecule has 1 saturated heterocycles. The summed E-state index contributed by atoms with van der Waals surface area (Å²) in [5, 5.41) is 2.66. The molecule has 0 aromatic heterocycles. The Bertz CT molecular complexity index is 752. The second kappa shape index (κ2) is 7.92. The molecular formula is C18H23N4O3S+. The fraction of sp³-hybridized carbons (Fsp3) is 0.444. The first-order chi connectivity index (χ1) is 12.5. The van der Waals surface area contributed by atoms with Gasteiger partial charge in [-0.2, -0.15) is 0 Å². The first kappa shape index (κ1) is 18.5. The van der Waals surface area contributed by atoms with Crippen LogP contribution < -0.4 is 20.7 Å². The topological polar surface area (TPSA) is 98.6 Å². The van der Waals surface area contributed by atoms with Crippen LogP contribution in [-0.2, 0) is 9.59 Å². The van der Waals surface area contributed by atoms with Gasteiger partial charge in [0.1, 0.15) is 17.8 Å². The van der Waals surface area contributed by atoms with E-state index in [1.807, 2.05) is 0 Å². The van der Waals surface area contributed by atoms with Gasteiger partial charge in [0.15, 0.2) is 11.0 Å². The Morgan fingerprint density at radius 2 is 2.12 bits per heavy atom. The van der Waals surface area contributed by atoms with Crippen LogP contribution in [0.25, 0.3) is 0 Å². The molecule has 8 heteroatoms. The van der Waals surface area contributed by atoms with Gasteiger partial charge in [-0.15, -0.1) is 0 Å². The normalized spacial score (nSPS) is 26.9. The highest BCUT2D eigenvalue weighted by Gasteiger charge is 2.39. The molecule has 1 heterocycles. The minimum atomic E-state index is -0.998. The molecule has 2 aliphatic rings. The van der Waals surface area contributed by atoms with E-state index in [0.29, 0.717) is 11.4 Å². The molecule has 1 aromatic rings. The molecule has 2 amide bonds. The van der Waals surface area contributed by atoms with Crippen LogP contribution >= 0.6 is 12.2 Å². The Kier molecular flexibility index (Phi) is 5.63. The van der Waals surface area contributed by atoms with Gasteiger partial charge in [-0.05, 0) is 37.2 Å². The fourth-order valence-corrected chi connectivity index (χ4v) is 3.59. The van der Waals surface area contributed by atoms with Crippen molar-refractivity contribution in [2.24, 2.45) is 10.9 Å². The molecule has 1 aliphatic heterocycles. The third kappa shape index (κ3) is 3.76. The van der Waals surface area contributed by atoms with E-state index < -0.39 is 17.7 Å². The Hall–Kier alpha value is -2.32. The van der Waals surface area contributed by atoms with Gasteiger partial charge >= 0.3 is 0 Å². The molecule has 138 valence electrons. The maximum atomic E-state index is 12.9. The summed E-state index contributed by atoms with van der Waals surface area (Å²) in [5.74, 6) is -1.25. The predicted octanol–water partition coefficient (Wildman–Crippen LogP) is 0.683. The molecular weight excluding hydrogens is 352 g/mol. The van der Waals surface area contributed by atoms with E-state index in [9.17, 15) is 9.59 Å². The largest absolute Gasteiger partial charge is 0.497 e. The lowest BCUT2D eigenvalue weighted by Gasteiger charge is -2.31. The summed E-state index contributed by atoms with van der Waals surface area (Å²) in [6.07, 6.45) is 5.67. The van der Waals surface area contributed by atoms with Crippen LogP contribution in [0.5, 0.6) is 5.75 Å². The van der Waals surface area contributed by atoms with Crippen LogP contribution in [0.15, 0.2) is 29.3 Å². The monoisotopic (exact) mass is 375 g/mol. The Morgan fingerprint density at radius 3 is 2.85 bits per heavy atom. The number of ether oxygens (including phenoxy) is 1. The minimum Gasteiger partial charge on any atom is -0.497 e. The second-order valence-electron chi connectivity index (χ2n) is 6.56. The van der Waals surface area contributed by atoms with E-state index in [1.54, 1.807) is 31.4 Å². The van der Waals surface area contributed by atoms with Crippen molar-refractivity contribution >= 4 is 41.0 Å². The van der Waals surface area contributed by atoms with E-state index in [1.165, 1.54) is 11.1 Å². The van der Waals surface area contributed by atoms with Gasteiger partial charge in [-0.3, -0.25) is 19.5 Å². The number of hydrogen-bond donors (Lipinski definition) is 2. The number of methoxy groups -OCH3 is 1. The van der Waals surface area contributed by atoms with Crippen molar-refractivity contribution in [2.45, 2.75) is 37.8 Å². The van der Waals surface area contributed by atoms with Crippen LogP contribution in [0, 0.1) is 5.92 Å². The van der Waals surface area contributed by atoms with E-state index in [-0.39, 0.29) is 17.2 Å². The quantitative estimate of drug-likeness (QED) is 0.459. The second-order valence-corrected chi connectivity index (χ2v) is 6.94. The number of anilines is 1. The van der Waals surface area contributed by atoms with Crippen molar-refractivity contribution < 1.29 is 20.1 Å². The van der Waals surface area contributed by atoms with Gasteiger partial charge in [-0.1, -0.05) is 12.5 Å². The van der Waals surface area contributed by atoms with E-state index >= 15 is 0 Å². The van der Waals surface area contributed by atoms with E-state index in [0.717, 1.165) is 25.7 Å². The molecule has 0 spiro atoms. The average Bonchev–Trinajstić information content (AvgIpc) is 2.63. The molecule has 7 nitrogen and oxygen atoms in total. The summed E-state index contributed by atoms with van der Waals surface area (Å²) < 4.78 is 5.20. The number of rotatable bonds is 4. The summed E-state index contributed by atoms with van der Waals surface area (Å²) in [6.45, 7) is 0. The highest BCUT2D eigenvalue weighted by Crippen LogP contribution is 2.25. The predicted molar refractivity (Wildman–Crippen MR) is 102 cm³/mol. The van der Waals surface area contributed by atoms with Crippen molar-refractivity contribution in [3.05, 3.63) is 24.3 Å². The molecule has 0 radical (unpaired) electrons. The van der Waals surface area contributed by atoms with E-state index in [2.05, 4.69) is 16.0 Å². The molecule has 3 atom stereocenters. The van der Waals surface area contributed by atoms with Crippen LogP contribution in [0.2, 0.25) is 0 Å². The number of aliphatic imine (C=N–C) groups is 1. The van der Waals surface area contributed by atoms with Crippen molar-refractivity contribution in [1.29, 1.82) is 0 Å². The lowest BCUT2D eigenvalue weighted by Crippen LogP contribution is -2.66. The van der Waals surface area contributed by atoms with Gasteiger partial charge in [-0.25, -0.2) is 0 Å². The van der Waals surface area contributed by atoms with Gasteiger partial charge in [0, 0.05) is 18.7 Å². The number of benzene rings is 1. The Balaban J connectivity index is 1.83. The maximum Gasteiger partial charge on any atom is 0.251 e. The molecule has 3 rings (SSSR count). The summed E-state index contributed by atoms with van der Waals surface area (Å²) in [4.78, 5) is 31.1.